The number of carbonyl (C=O) groups excluding carboxylic acids is 1. The lowest BCUT2D eigenvalue weighted by Crippen LogP contribution is -2.58. The fourth-order valence-electron chi connectivity index (χ4n) is 3.63. The van der Waals surface area contributed by atoms with Crippen molar-refractivity contribution in [2.24, 2.45) is 0 Å². The molecule has 0 unspecified atom stereocenters. The Labute approximate surface area is 190 Å². The largest absolute Gasteiger partial charge is 0.483 e. The van der Waals surface area contributed by atoms with E-state index in [1.165, 1.54) is 24.3 Å². The number of amides is 1. The van der Waals surface area contributed by atoms with E-state index in [2.05, 4.69) is 4.90 Å². The molecule has 0 aromatic heterocycles. The molecule has 1 aliphatic heterocycles. The van der Waals surface area contributed by atoms with Gasteiger partial charge in [-0.3, -0.25) is 9.69 Å². The molecule has 1 heterocycles. The molecule has 9 heteroatoms. The Balaban J connectivity index is 1.62. The molecule has 3 rings (SSSR count). The van der Waals surface area contributed by atoms with E-state index in [1.807, 2.05) is 13.8 Å². The molecule has 1 saturated heterocycles. The van der Waals surface area contributed by atoms with Gasteiger partial charge in [-0.1, -0.05) is 35.3 Å². The van der Waals surface area contributed by atoms with Gasteiger partial charge in [0.05, 0.1) is 10.0 Å². The quantitative estimate of drug-likeness (QED) is 0.682. The van der Waals surface area contributed by atoms with Crippen LogP contribution in [0.2, 0.25) is 10.0 Å². The van der Waals surface area contributed by atoms with Gasteiger partial charge in [0.2, 0.25) is 0 Å². The number of piperazine rings is 1. The third-order valence-electron chi connectivity index (χ3n) is 5.34. The van der Waals surface area contributed by atoms with E-state index < -0.39 is 5.97 Å². The Morgan fingerprint density at radius 3 is 2.39 bits per heavy atom. The average molecular weight is 469 g/mol. The number of nitrogens with zero attached hydrogens (tertiary/aromatic N) is 2. The molecule has 6 nitrogen and oxygen atoms in total. The maximum Gasteiger partial charge on any atom is 0.339 e. The van der Waals surface area contributed by atoms with Crippen molar-refractivity contribution >= 4 is 35.1 Å². The van der Waals surface area contributed by atoms with Crippen LogP contribution in [-0.4, -0.2) is 58.6 Å². The standard InChI is InChI=1S/C22H23Cl2FN2O4/c1-13-10-27(14(2)9-26(13)11-15-3-5-16(25)6-4-15)21(28)12-31-20-8-19(24)18(23)7-17(20)22(29)30/h3-8,13-14H,9-12H2,1-2H3,(H,29,30)/t13-,14+/m0/s1. The fraction of sp³-hybridized carbons (Fsp3) is 0.364. The van der Waals surface area contributed by atoms with E-state index in [0.29, 0.717) is 19.6 Å². The van der Waals surface area contributed by atoms with Crippen LogP contribution in [0.5, 0.6) is 5.75 Å². The van der Waals surface area contributed by atoms with Gasteiger partial charge in [-0.2, -0.15) is 0 Å². The van der Waals surface area contributed by atoms with E-state index in [0.717, 1.165) is 5.56 Å². The Kier molecular flexibility index (Phi) is 7.41. The summed E-state index contributed by atoms with van der Waals surface area (Å²) in [4.78, 5) is 28.2. The van der Waals surface area contributed by atoms with Crippen LogP contribution in [-0.2, 0) is 11.3 Å². The molecule has 0 aliphatic carbocycles. The molecular formula is C22H23Cl2FN2O4. The number of benzene rings is 2. The molecule has 0 radical (unpaired) electrons. The second-order valence-electron chi connectivity index (χ2n) is 7.66. The highest BCUT2D eigenvalue weighted by Crippen LogP contribution is 2.31. The van der Waals surface area contributed by atoms with Crippen LogP contribution in [0.4, 0.5) is 4.39 Å². The first-order valence-corrected chi connectivity index (χ1v) is 10.5. The van der Waals surface area contributed by atoms with E-state index in [4.69, 9.17) is 27.9 Å². The second-order valence-corrected chi connectivity index (χ2v) is 8.47. The van der Waals surface area contributed by atoms with Crippen molar-refractivity contribution in [3.63, 3.8) is 0 Å². The summed E-state index contributed by atoms with van der Waals surface area (Å²) >= 11 is 11.8. The van der Waals surface area contributed by atoms with Crippen LogP contribution in [0.15, 0.2) is 36.4 Å². The van der Waals surface area contributed by atoms with Crippen molar-refractivity contribution in [1.29, 1.82) is 0 Å². The van der Waals surface area contributed by atoms with Crippen LogP contribution in [0.3, 0.4) is 0 Å². The zero-order valence-corrected chi connectivity index (χ0v) is 18.7. The van der Waals surface area contributed by atoms with Crippen molar-refractivity contribution in [2.75, 3.05) is 19.7 Å². The molecule has 0 bridgehead atoms. The Bertz CT molecular complexity index is 971. The van der Waals surface area contributed by atoms with E-state index in [9.17, 15) is 19.1 Å². The van der Waals surface area contributed by atoms with Crippen LogP contribution in [0, 0.1) is 5.82 Å². The summed E-state index contributed by atoms with van der Waals surface area (Å²) in [6, 6.07) is 8.91. The summed E-state index contributed by atoms with van der Waals surface area (Å²) in [5.41, 5.74) is 0.845. The molecule has 2 atom stereocenters. The smallest absolute Gasteiger partial charge is 0.339 e. The molecule has 0 spiro atoms. The highest BCUT2D eigenvalue weighted by molar-refractivity contribution is 6.42. The lowest BCUT2D eigenvalue weighted by molar-refractivity contribution is -0.139. The van der Waals surface area contributed by atoms with Crippen molar-refractivity contribution in [3.8, 4) is 5.75 Å². The normalized spacial score (nSPS) is 19.3. The van der Waals surface area contributed by atoms with Crippen LogP contribution in [0.1, 0.15) is 29.8 Å². The molecule has 166 valence electrons. The SMILES string of the molecule is C[C@@H]1CN(Cc2ccc(F)cc2)[C@@H](C)CN1C(=O)COc1cc(Cl)c(Cl)cc1C(=O)O. The maximum absolute atomic E-state index is 13.1. The van der Waals surface area contributed by atoms with Gasteiger partial charge in [0, 0.05) is 37.8 Å². The van der Waals surface area contributed by atoms with Gasteiger partial charge in [0.15, 0.2) is 6.61 Å². The van der Waals surface area contributed by atoms with Gasteiger partial charge in [0.25, 0.3) is 5.91 Å². The molecule has 2 aromatic carbocycles. The molecule has 31 heavy (non-hydrogen) atoms. The number of hydrogen-bond donors (Lipinski definition) is 1. The van der Waals surface area contributed by atoms with Gasteiger partial charge in [-0.25, -0.2) is 9.18 Å². The van der Waals surface area contributed by atoms with Crippen LogP contribution < -0.4 is 4.74 Å². The molecule has 2 aromatic rings. The number of carboxylic acid groups (broad SMARTS) is 1. The molecule has 1 amide bonds. The average Bonchev–Trinajstić information content (AvgIpc) is 2.72. The molecule has 1 fully saturated rings. The van der Waals surface area contributed by atoms with Gasteiger partial charge in [-0.05, 0) is 37.6 Å². The molecule has 0 saturated carbocycles. The highest BCUT2D eigenvalue weighted by Gasteiger charge is 2.32. The lowest BCUT2D eigenvalue weighted by atomic mass is 10.1. The van der Waals surface area contributed by atoms with Crippen LogP contribution >= 0.6 is 23.2 Å². The third-order valence-corrected chi connectivity index (χ3v) is 6.06. The minimum atomic E-state index is -1.22. The first kappa shape index (κ1) is 23.3. The van der Waals surface area contributed by atoms with E-state index >= 15 is 0 Å². The minimum Gasteiger partial charge on any atom is -0.483 e. The van der Waals surface area contributed by atoms with E-state index in [1.54, 1.807) is 17.0 Å². The lowest BCUT2D eigenvalue weighted by Gasteiger charge is -2.44. The van der Waals surface area contributed by atoms with Crippen molar-refractivity contribution in [1.82, 2.24) is 9.80 Å². The van der Waals surface area contributed by atoms with E-state index in [-0.39, 0.29) is 51.8 Å². The second kappa shape index (κ2) is 9.85. The molecule has 1 N–H and O–H groups in total. The summed E-state index contributed by atoms with van der Waals surface area (Å²) in [7, 11) is 0. The van der Waals surface area contributed by atoms with Crippen molar-refractivity contribution in [2.45, 2.75) is 32.5 Å². The van der Waals surface area contributed by atoms with Gasteiger partial charge < -0.3 is 14.7 Å². The Morgan fingerprint density at radius 2 is 1.74 bits per heavy atom. The summed E-state index contributed by atoms with van der Waals surface area (Å²) < 4.78 is 18.6. The van der Waals surface area contributed by atoms with Crippen molar-refractivity contribution < 1.29 is 23.8 Å². The van der Waals surface area contributed by atoms with Gasteiger partial charge in [0.1, 0.15) is 17.1 Å². The maximum atomic E-state index is 13.1. The monoisotopic (exact) mass is 468 g/mol. The summed E-state index contributed by atoms with van der Waals surface area (Å²) in [5, 5.41) is 9.57. The zero-order valence-electron chi connectivity index (χ0n) is 17.1. The third kappa shape index (κ3) is 5.67. The number of carbonyl (C=O) groups is 2. The summed E-state index contributed by atoms with van der Waals surface area (Å²) in [6.07, 6.45) is 0. The molecule has 1 aliphatic rings. The predicted molar refractivity (Wildman–Crippen MR) is 116 cm³/mol. The number of carboxylic acids is 1. The number of aromatic carboxylic acids is 1. The topological polar surface area (TPSA) is 70.1 Å². The van der Waals surface area contributed by atoms with Crippen molar-refractivity contribution in [3.05, 3.63) is 63.4 Å². The van der Waals surface area contributed by atoms with Gasteiger partial charge in [-0.15, -0.1) is 0 Å². The van der Waals surface area contributed by atoms with Gasteiger partial charge >= 0.3 is 5.97 Å². The zero-order chi connectivity index (χ0) is 22.7. The molecular weight excluding hydrogens is 446 g/mol. The first-order chi connectivity index (χ1) is 14.7. The number of ether oxygens (including phenoxy) is 1. The highest BCUT2D eigenvalue weighted by atomic mass is 35.5. The predicted octanol–water partition coefficient (Wildman–Crippen LogP) is 4.33. The summed E-state index contributed by atoms with van der Waals surface area (Å²) in [6.45, 7) is 5.47. The number of hydrogen-bond acceptors (Lipinski definition) is 4. The van der Waals surface area contributed by atoms with Crippen LogP contribution in [0.25, 0.3) is 0 Å². The first-order valence-electron chi connectivity index (χ1n) is 9.78. The number of rotatable bonds is 6. The fourth-order valence-corrected chi connectivity index (χ4v) is 3.95. The minimum absolute atomic E-state index is 0.00843. The summed E-state index contributed by atoms with van der Waals surface area (Å²) in [5.74, 6) is -1.75. The Morgan fingerprint density at radius 1 is 1.10 bits per heavy atom. The Hall–Kier alpha value is -2.35. The number of halogens is 3.